The Hall–Kier alpha value is -5.30. The molecule has 0 radical (unpaired) electrons. The molecule has 1 aliphatic carbocycles. The minimum atomic E-state index is -3.25. The number of amidine groups is 1. The number of ether oxygens (including phenoxy) is 3. The summed E-state index contributed by atoms with van der Waals surface area (Å²) in [6.45, 7) is 15.0. The van der Waals surface area contributed by atoms with Gasteiger partial charge in [0.2, 0.25) is 0 Å². The van der Waals surface area contributed by atoms with E-state index in [-0.39, 0.29) is 23.3 Å². The molecule has 5 aliphatic rings. The Kier molecular flexibility index (Phi) is 8.64. The van der Waals surface area contributed by atoms with Crippen LogP contribution in [0.4, 0.5) is 24.1 Å². The van der Waals surface area contributed by atoms with Gasteiger partial charge in [0.05, 0.1) is 31.1 Å². The zero-order valence-corrected chi connectivity index (χ0v) is 34.1. The molecule has 0 saturated carbocycles. The predicted octanol–water partition coefficient (Wildman–Crippen LogP) is 9.78. The van der Waals surface area contributed by atoms with Crippen LogP contribution in [-0.4, -0.2) is 80.8 Å². The van der Waals surface area contributed by atoms with E-state index in [1.807, 2.05) is 78.8 Å². The molecule has 2 unspecified atom stereocenters. The number of nitrogens with one attached hydrogen (secondary N) is 2. The number of nitrogens with zero attached hydrogens (tertiary/aromatic N) is 4. The quantitative estimate of drug-likeness (QED) is 0.211. The molecular formula is C45H50F2N6O5. The molecule has 13 heteroatoms. The Morgan fingerprint density at radius 2 is 1.47 bits per heavy atom. The van der Waals surface area contributed by atoms with Gasteiger partial charge in [-0.2, -0.15) is 8.78 Å². The van der Waals surface area contributed by atoms with Crippen molar-refractivity contribution in [2.24, 2.45) is 4.99 Å². The first-order chi connectivity index (χ1) is 27.4. The Morgan fingerprint density at radius 3 is 2.14 bits per heavy atom. The average molecular weight is 793 g/mol. The van der Waals surface area contributed by atoms with Crippen molar-refractivity contribution in [3.63, 3.8) is 0 Å². The molecule has 5 heterocycles. The highest BCUT2D eigenvalue weighted by Crippen LogP contribution is 2.53. The van der Waals surface area contributed by atoms with Gasteiger partial charge in [-0.1, -0.05) is 36.4 Å². The second-order valence-corrected chi connectivity index (χ2v) is 18.5. The van der Waals surface area contributed by atoms with Gasteiger partial charge in [0.1, 0.15) is 33.9 Å². The van der Waals surface area contributed by atoms with Crippen LogP contribution < -0.4 is 5.32 Å². The molecule has 1 spiro atoms. The second-order valence-electron chi connectivity index (χ2n) is 18.5. The number of carbonyl (C=O) groups is 2. The van der Waals surface area contributed by atoms with E-state index in [2.05, 4.69) is 15.3 Å². The third-order valence-electron chi connectivity index (χ3n) is 12.0. The fraction of sp³-hybridized carbons (Fsp3) is 0.467. The van der Waals surface area contributed by atoms with Gasteiger partial charge in [0.15, 0.2) is 0 Å². The largest absolute Gasteiger partial charge is 0.444 e. The number of alkyl halides is 2. The van der Waals surface area contributed by atoms with E-state index in [0.717, 1.165) is 36.1 Å². The molecule has 3 aromatic carbocycles. The lowest BCUT2D eigenvalue weighted by Gasteiger charge is -2.46. The first-order valence-electron chi connectivity index (χ1n) is 20.2. The molecule has 4 aliphatic heterocycles. The summed E-state index contributed by atoms with van der Waals surface area (Å²) >= 11 is 0. The summed E-state index contributed by atoms with van der Waals surface area (Å²) in [7, 11) is 0. The lowest BCUT2D eigenvalue weighted by Crippen LogP contribution is -2.58. The lowest BCUT2D eigenvalue weighted by molar-refractivity contribution is -0.0561. The zero-order chi connectivity index (χ0) is 41.0. The van der Waals surface area contributed by atoms with Crippen molar-refractivity contribution in [1.82, 2.24) is 19.8 Å². The van der Waals surface area contributed by atoms with Crippen molar-refractivity contribution < 1.29 is 32.6 Å². The van der Waals surface area contributed by atoms with Crippen molar-refractivity contribution in [1.29, 1.82) is 0 Å². The number of hydrogen-bond acceptors (Lipinski definition) is 8. The highest BCUT2D eigenvalue weighted by Gasteiger charge is 2.52. The SMILES string of the molecule is CC(C)(C)OC(=O)N1CCCC1c1ncc(-c2ccc3c(c2)C(F)(F)c2cc(-c4ccc5c(c4)NC(C4(C)CCCN4C(=O)OC(C)(C)C)=NC54COC4)ccc2-3)[nH]1. The van der Waals surface area contributed by atoms with E-state index in [1.54, 1.807) is 40.3 Å². The third-order valence-corrected chi connectivity index (χ3v) is 12.0. The summed E-state index contributed by atoms with van der Waals surface area (Å²) in [4.78, 5) is 42.9. The molecule has 9 rings (SSSR count). The van der Waals surface area contributed by atoms with Gasteiger partial charge < -0.3 is 24.5 Å². The Morgan fingerprint density at radius 1 is 0.828 bits per heavy atom. The number of imidazole rings is 1. The van der Waals surface area contributed by atoms with E-state index < -0.39 is 34.3 Å². The molecule has 2 atom stereocenters. The average Bonchev–Trinajstić information content (AvgIpc) is 3.94. The highest BCUT2D eigenvalue weighted by atomic mass is 19.3. The van der Waals surface area contributed by atoms with Crippen molar-refractivity contribution in [2.75, 3.05) is 31.6 Å². The molecule has 4 aromatic rings. The number of benzene rings is 3. The van der Waals surface area contributed by atoms with Gasteiger partial charge in [-0.25, -0.2) is 14.6 Å². The van der Waals surface area contributed by atoms with Crippen molar-refractivity contribution >= 4 is 23.7 Å². The molecule has 1 aromatic heterocycles. The molecule has 304 valence electrons. The van der Waals surface area contributed by atoms with Crippen LogP contribution in [-0.2, 0) is 25.7 Å². The number of likely N-dealkylation sites (tertiary alicyclic amines) is 2. The summed E-state index contributed by atoms with van der Waals surface area (Å²) in [6.07, 6.45) is 3.92. The Labute approximate surface area is 337 Å². The van der Waals surface area contributed by atoms with E-state index in [1.165, 1.54) is 0 Å². The van der Waals surface area contributed by atoms with Crippen LogP contribution in [0.2, 0.25) is 0 Å². The van der Waals surface area contributed by atoms with Crippen LogP contribution in [0.1, 0.15) is 103 Å². The first-order valence-corrected chi connectivity index (χ1v) is 20.2. The standard InChI is InChI=1S/C45H50F2N6O5/c1-41(2,3)57-39(54)52-18-8-10-36(52)37-48-23-35(49-37)28-12-15-30-29-14-11-26(20-32(29)45(46,47)33(30)21-28)27-13-16-31-34(22-27)50-38(51-44(31)24-56-25-44)43(7)17-9-19-53(43)40(55)58-42(4,5)6/h11-16,20-23,36H,8-10,17-19,24-25H2,1-7H3,(H,48,49)(H,50,51). The molecular weight excluding hydrogens is 743 g/mol. The molecule has 0 bridgehead atoms. The van der Waals surface area contributed by atoms with Gasteiger partial charge in [-0.3, -0.25) is 14.8 Å². The maximum Gasteiger partial charge on any atom is 0.411 e. The second kappa shape index (κ2) is 13.1. The number of hydrogen-bond donors (Lipinski definition) is 2. The van der Waals surface area contributed by atoms with E-state index in [0.29, 0.717) is 72.3 Å². The van der Waals surface area contributed by atoms with Crippen LogP contribution in [0, 0.1) is 0 Å². The van der Waals surface area contributed by atoms with Gasteiger partial charge in [0, 0.05) is 41.0 Å². The molecule has 11 nitrogen and oxygen atoms in total. The minimum Gasteiger partial charge on any atom is -0.444 e. The van der Waals surface area contributed by atoms with Gasteiger partial charge in [-0.15, -0.1) is 0 Å². The summed E-state index contributed by atoms with van der Waals surface area (Å²) in [6, 6.07) is 16.1. The van der Waals surface area contributed by atoms with Crippen molar-refractivity contribution in [3.8, 4) is 33.5 Å². The number of aromatic nitrogens is 2. The smallest absolute Gasteiger partial charge is 0.411 e. The molecule has 3 fully saturated rings. The summed E-state index contributed by atoms with van der Waals surface area (Å²) in [5, 5.41) is 3.56. The van der Waals surface area contributed by atoms with Gasteiger partial charge in [0.25, 0.3) is 5.92 Å². The molecule has 3 saturated heterocycles. The summed E-state index contributed by atoms with van der Waals surface area (Å²) in [5.74, 6) is -1.98. The first kappa shape index (κ1) is 38.2. The fourth-order valence-corrected chi connectivity index (χ4v) is 9.07. The number of fused-ring (bicyclic) bond motifs is 5. The van der Waals surface area contributed by atoms with Crippen molar-refractivity contribution in [2.45, 2.75) is 108 Å². The highest BCUT2D eigenvalue weighted by molar-refractivity contribution is 6.06. The van der Waals surface area contributed by atoms with Crippen LogP contribution >= 0.6 is 0 Å². The lowest BCUT2D eigenvalue weighted by atomic mass is 9.82. The number of aromatic amines is 1. The van der Waals surface area contributed by atoms with Gasteiger partial charge in [-0.05, 0) is 115 Å². The number of anilines is 1. The summed E-state index contributed by atoms with van der Waals surface area (Å²) < 4.78 is 50.3. The number of carbonyl (C=O) groups excluding carboxylic acids is 2. The third kappa shape index (κ3) is 6.33. The van der Waals surface area contributed by atoms with Gasteiger partial charge >= 0.3 is 12.2 Å². The van der Waals surface area contributed by atoms with Crippen LogP contribution in [0.5, 0.6) is 0 Å². The maximum absolute atomic E-state index is 16.6. The predicted molar refractivity (Wildman–Crippen MR) is 217 cm³/mol. The number of amides is 2. The Bertz CT molecular complexity index is 2370. The van der Waals surface area contributed by atoms with Crippen LogP contribution in [0.25, 0.3) is 33.5 Å². The topological polar surface area (TPSA) is 121 Å². The zero-order valence-electron chi connectivity index (χ0n) is 34.1. The van der Waals surface area contributed by atoms with Crippen LogP contribution in [0.15, 0.2) is 65.8 Å². The van der Waals surface area contributed by atoms with Crippen LogP contribution in [0.3, 0.4) is 0 Å². The monoisotopic (exact) mass is 792 g/mol. The fourth-order valence-electron chi connectivity index (χ4n) is 9.07. The van der Waals surface area contributed by atoms with Crippen molar-refractivity contribution in [3.05, 3.63) is 83.3 Å². The number of H-pyrrole nitrogens is 1. The number of halogens is 2. The Balaban J connectivity index is 0.985. The summed E-state index contributed by atoms with van der Waals surface area (Å²) in [5.41, 5.74) is 2.66. The maximum atomic E-state index is 16.6. The number of rotatable bonds is 4. The molecule has 2 amide bonds. The molecule has 58 heavy (non-hydrogen) atoms. The normalized spacial score (nSPS) is 22.8. The minimum absolute atomic E-state index is 0.0512. The van der Waals surface area contributed by atoms with E-state index in [9.17, 15) is 9.59 Å². The van der Waals surface area contributed by atoms with E-state index >= 15 is 8.78 Å². The van der Waals surface area contributed by atoms with E-state index in [4.69, 9.17) is 19.2 Å². The number of aliphatic imine (C=N–C) groups is 1. The molecule has 2 N–H and O–H groups in total.